The molecule has 28 heavy (non-hydrogen) atoms. The Balaban J connectivity index is 0.000000568. The molecule has 1 aliphatic heterocycles. The Kier molecular flexibility index (Phi) is 8.86. The average Bonchev–Trinajstić information content (AvgIpc) is 2.66. The minimum absolute atomic E-state index is 0.0238. The van der Waals surface area contributed by atoms with Crippen molar-refractivity contribution in [3.8, 4) is 5.75 Å². The normalized spacial score (nSPS) is 14.6. The fourth-order valence-electron chi connectivity index (χ4n) is 2.34. The minimum Gasteiger partial charge on any atom is -0.484 e. The molecule has 0 atom stereocenters. The number of ether oxygens (including phenoxy) is 1. The smallest absolute Gasteiger partial charge is 0.414 e. The third-order valence-corrected chi connectivity index (χ3v) is 5.77. The molecule has 0 bridgehead atoms. The maximum Gasteiger partial charge on any atom is 0.414 e. The number of amides is 1. The van der Waals surface area contributed by atoms with Crippen molar-refractivity contribution in [1.82, 2.24) is 9.21 Å². The monoisotopic (exact) mass is 416 g/mol. The van der Waals surface area contributed by atoms with Gasteiger partial charge in [-0.2, -0.15) is 4.31 Å². The van der Waals surface area contributed by atoms with Gasteiger partial charge in [0.2, 0.25) is 10.0 Å². The third-order valence-electron chi connectivity index (χ3n) is 3.88. The molecular weight excluding hydrogens is 392 g/mol. The van der Waals surface area contributed by atoms with Crippen LogP contribution in [-0.4, -0.2) is 84.2 Å². The van der Waals surface area contributed by atoms with Crippen molar-refractivity contribution < 1.29 is 37.8 Å². The molecule has 2 rings (SSSR count). The number of aryl methyl sites for hydroxylation is 1. The second kappa shape index (κ2) is 10.6. The molecule has 0 aromatic heterocycles. The fourth-order valence-corrected chi connectivity index (χ4v) is 3.42. The molecule has 1 aliphatic rings. The summed E-state index contributed by atoms with van der Waals surface area (Å²) in [6, 6.07) is 7.52. The number of hydrogen-bond acceptors (Lipinski definition) is 6. The fraction of sp³-hybridized carbons (Fsp3) is 0.471. The van der Waals surface area contributed by atoms with Crippen LogP contribution >= 0.6 is 0 Å². The molecule has 0 radical (unpaired) electrons. The summed E-state index contributed by atoms with van der Waals surface area (Å²) in [7, 11) is -3.17. The molecule has 1 amide bonds. The first-order chi connectivity index (χ1) is 13.1. The van der Waals surface area contributed by atoms with Crippen LogP contribution in [0, 0.1) is 6.92 Å². The van der Waals surface area contributed by atoms with Gasteiger partial charge < -0.3 is 19.8 Å². The van der Waals surface area contributed by atoms with Crippen LogP contribution in [0.2, 0.25) is 0 Å². The first-order valence-corrected chi connectivity index (χ1v) is 10.1. The first kappa shape index (κ1) is 23.4. The predicted molar refractivity (Wildman–Crippen MR) is 99.6 cm³/mol. The number of piperazine rings is 1. The zero-order valence-electron chi connectivity index (χ0n) is 15.7. The molecule has 1 heterocycles. The first-order valence-electron chi connectivity index (χ1n) is 8.48. The number of carbonyl (C=O) groups is 3. The quantitative estimate of drug-likeness (QED) is 0.640. The van der Waals surface area contributed by atoms with E-state index in [-0.39, 0.29) is 18.3 Å². The van der Waals surface area contributed by atoms with Crippen molar-refractivity contribution >= 4 is 27.9 Å². The van der Waals surface area contributed by atoms with Gasteiger partial charge in [-0.1, -0.05) is 12.1 Å². The Bertz CT molecular complexity index is 789. The van der Waals surface area contributed by atoms with Crippen LogP contribution in [0.25, 0.3) is 0 Å². The summed E-state index contributed by atoms with van der Waals surface area (Å²) in [6.07, 6.45) is 0. The molecule has 1 aromatic rings. The van der Waals surface area contributed by atoms with E-state index in [4.69, 9.17) is 24.5 Å². The highest BCUT2D eigenvalue weighted by molar-refractivity contribution is 7.89. The topological polar surface area (TPSA) is 142 Å². The van der Waals surface area contributed by atoms with Gasteiger partial charge in [-0.05, 0) is 31.5 Å². The van der Waals surface area contributed by atoms with Crippen molar-refractivity contribution in [1.29, 1.82) is 0 Å². The summed E-state index contributed by atoms with van der Waals surface area (Å²) in [5.41, 5.74) is 1.07. The Morgan fingerprint density at radius 2 is 1.64 bits per heavy atom. The number of benzene rings is 1. The lowest BCUT2D eigenvalue weighted by Crippen LogP contribution is -2.51. The Hall–Kier alpha value is -2.66. The van der Waals surface area contributed by atoms with E-state index < -0.39 is 22.0 Å². The summed E-state index contributed by atoms with van der Waals surface area (Å²) in [5.74, 6) is -3.00. The van der Waals surface area contributed by atoms with Crippen LogP contribution in [0.1, 0.15) is 12.5 Å². The van der Waals surface area contributed by atoms with Crippen molar-refractivity contribution in [3.05, 3.63) is 29.8 Å². The van der Waals surface area contributed by atoms with Crippen LogP contribution in [0.5, 0.6) is 5.75 Å². The van der Waals surface area contributed by atoms with Crippen molar-refractivity contribution in [2.45, 2.75) is 13.8 Å². The Morgan fingerprint density at radius 1 is 1.07 bits per heavy atom. The van der Waals surface area contributed by atoms with E-state index in [1.165, 1.54) is 4.31 Å². The lowest BCUT2D eigenvalue weighted by Gasteiger charge is -2.33. The number of carboxylic acid groups (broad SMARTS) is 2. The third kappa shape index (κ3) is 7.53. The van der Waals surface area contributed by atoms with E-state index in [0.29, 0.717) is 31.9 Å². The maximum absolute atomic E-state index is 12.1. The molecule has 1 saturated heterocycles. The Morgan fingerprint density at radius 3 is 2.11 bits per heavy atom. The van der Waals surface area contributed by atoms with E-state index in [1.807, 2.05) is 31.2 Å². The molecule has 1 aromatic carbocycles. The van der Waals surface area contributed by atoms with E-state index in [2.05, 4.69) is 0 Å². The van der Waals surface area contributed by atoms with Gasteiger partial charge in [0.05, 0.1) is 5.75 Å². The van der Waals surface area contributed by atoms with Crippen molar-refractivity contribution in [3.63, 3.8) is 0 Å². The molecule has 1 fully saturated rings. The van der Waals surface area contributed by atoms with Gasteiger partial charge in [-0.3, -0.25) is 4.79 Å². The number of hydrogen-bond donors (Lipinski definition) is 2. The summed E-state index contributed by atoms with van der Waals surface area (Å²) in [5, 5.41) is 14.8. The SMILES string of the molecule is CCS(=O)(=O)N1CCN(C(=O)COc2cccc(C)c2)CC1.O=C(O)C(=O)O. The summed E-state index contributed by atoms with van der Waals surface area (Å²) in [4.78, 5) is 32.0. The minimum atomic E-state index is -3.17. The van der Waals surface area contributed by atoms with Gasteiger partial charge in [0.1, 0.15) is 5.75 Å². The molecule has 0 unspecified atom stereocenters. The molecular formula is C17H24N2O8S. The Labute approximate surface area is 163 Å². The zero-order chi connectivity index (χ0) is 21.3. The summed E-state index contributed by atoms with van der Waals surface area (Å²) >= 11 is 0. The van der Waals surface area contributed by atoms with E-state index >= 15 is 0 Å². The molecule has 11 heteroatoms. The highest BCUT2D eigenvalue weighted by atomic mass is 32.2. The predicted octanol–water partition coefficient (Wildman–Crippen LogP) is 0.0233. The lowest BCUT2D eigenvalue weighted by atomic mass is 10.2. The summed E-state index contributed by atoms with van der Waals surface area (Å²) < 4.78 is 30.5. The largest absolute Gasteiger partial charge is 0.484 e. The van der Waals surface area contributed by atoms with E-state index in [1.54, 1.807) is 11.8 Å². The van der Waals surface area contributed by atoms with E-state index in [9.17, 15) is 13.2 Å². The molecule has 0 spiro atoms. The number of rotatable bonds is 5. The molecule has 0 aliphatic carbocycles. The number of sulfonamides is 1. The zero-order valence-corrected chi connectivity index (χ0v) is 16.5. The number of carbonyl (C=O) groups excluding carboxylic acids is 1. The highest BCUT2D eigenvalue weighted by Gasteiger charge is 2.27. The van der Waals surface area contributed by atoms with Crippen molar-refractivity contribution in [2.24, 2.45) is 0 Å². The van der Waals surface area contributed by atoms with Gasteiger partial charge in [0.25, 0.3) is 5.91 Å². The number of carboxylic acids is 2. The molecule has 10 nitrogen and oxygen atoms in total. The van der Waals surface area contributed by atoms with Gasteiger partial charge in [-0.25, -0.2) is 18.0 Å². The van der Waals surface area contributed by atoms with Gasteiger partial charge >= 0.3 is 11.9 Å². The van der Waals surface area contributed by atoms with Gasteiger partial charge in [0.15, 0.2) is 6.61 Å². The van der Waals surface area contributed by atoms with Crippen LogP contribution in [0.4, 0.5) is 0 Å². The van der Waals surface area contributed by atoms with Crippen LogP contribution in [0.3, 0.4) is 0 Å². The van der Waals surface area contributed by atoms with Crippen LogP contribution in [-0.2, 0) is 24.4 Å². The molecule has 156 valence electrons. The van der Waals surface area contributed by atoms with Gasteiger partial charge in [0, 0.05) is 26.2 Å². The highest BCUT2D eigenvalue weighted by Crippen LogP contribution is 2.13. The van der Waals surface area contributed by atoms with Crippen LogP contribution in [0.15, 0.2) is 24.3 Å². The maximum atomic E-state index is 12.1. The van der Waals surface area contributed by atoms with Crippen molar-refractivity contribution in [2.75, 3.05) is 38.5 Å². The molecule has 0 saturated carbocycles. The number of aliphatic carboxylic acids is 2. The van der Waals surface area contributed by atoms with Crippen LogP contribution < -0.4 is 4.74 Å². The summed E-state index contributed by atoms with van der Waals surface area (Å²) in [6.45, 7) is 5.10. The second-order valence-electron chi connectivity index (χ2n) is 5.90. The second-order valence-corrected chi connectivity index (χ2v) is 8.15. The average molecular weight is 416 g/mol. The lowest BCUT2D eigenvalue weighted by molar-refractivity contribution is -0.159. The number of nitrogens with zero attached hydrogens (tertiary/aromatic N) is 2. The van der Waals surface area contributed by atoms with E-state index in [0.717, 1.165) is 5.56 Å². The molecule has 2 N–H and O–H groups in total. The van der Waals surface area contributed by atoms with Gasteiger partial charge in [-0.15, -0.1) is 0 Å². The standard InChI is InChI=1S/C15H22N2O4S.C2H2O4/c1-3-22(19,20)17-9-7-16(8-10-17)15(18)12-21-14-6-4-5-13(2)11-14;3-1(4)2(5)6/h4-6,11H,3,7-10,12H2,1-2H3;(H,3,4)(H,5,6).